The van der Waals surface area contributed by atoms with E-state index in [4.69, 9.17) is 0 Å². The van der Waals surface area contributed by atoms with Crippen LogP contribution in [0.15, 0.2) is 33.9 Å². The van der Waals surface area contributed by atoms with Crippen LogP contribution in [0.25, 0.3) is 0 Å². The molecule has 0 atom stereocenters. The number of sulfonamides is 1. The average Bonchev–Trinajstić information content (AvgIpc) is 3.10. The van der Waals surface area contributed by atoms with E-state index in [1.807, 2.05) is 26.8 Å². The predicted molar refractivity (Wildman–Crippen MR) is 108 cm³/mol. The Morgan fingerprint density at radius 1 is 1.12 bits per heavy atom. The number of hydrogen-bond donors (Lipinski definition) is 1. The van der Waals surface area contributed by atoms with Crippen LogP contribution in [0.4, 0.5) is 0 Å². The van der Waals surface area contributed by atoms with E-state index < -0.39 is 10.0 Å². The summed E-state index contributed by atoms with van der Waals surface area (Å²) in [5.41, 5.74) is 4.32. The van der Waals surface area contributed by atoms with Crippen LogP contribution in [0, 0.1) is 26.7 Å². The summed E-state index contributed by atoms with van der Waals surface area (Å²) in [7, 11) is -3.45. The first-order valence-electron chi connectivity index (χ1n) is 9.16. The maximum absolute atomic E-state index is 12.7. The minimum atomic E-state index is -3.45. The van der Waals surface area contributed by atoms with E-state index in [-0.39, 0.29) is 0 Å². The Morgan fingerprint density at radius 2 is 1.81 bits per heavy atom. The van der Waals surface area contributed by atoms with Gasteiger partial charge in [-0.25, -0.2) is 13.1 Å². The highest BCUT2D eigenvalue weighted by atomic mass is 32.2. The van der Waals surface area contributed by atoms with Crippen molar-refractivity contribution >= 4 is 21.4 Å². The lowest BCUT2D eigenvalue weighted by Gasteiger charge is -2.31. The second-order valence-electron chi connectivity index (χ2n) is 7.40. The minimum absolute atomic E-state index is 0.412. The summed E-state index contributed by atoms with van der Waals surface area (Å²) < 4.78 is 28.3. The molecular weight excluding hydrogens is 364 g/mol. The Bertz CT molecular complexity index is 837. The Kier molecular flexibility index (Phi) is 6.17. The molecular formula is C20H28N2O2S2. The summed E-state index contributed by atoms with van der Waals surface area (Å²) in [6.07, 6.45) is 2.08. The van der Waals surface area contributed by atoms with E-state index in [1.54, 1.807) is 17.4 Å². The van der Waals surface area contributed by atoms with Gasteiger partial charge in [-0.1, -0.05) is 6.07 Å². The van der Waals surface area contributed by atoms with Crippen molar-refractivity contribution in [1.82, 2.24) is 9.62 Å². The standard InChI is InChI=1S/C20H28N2O2S2/c1-15-10-17(3)20(11-16(15)2)26(23,24)21-12-18-4-7-22(8-5-18)13-19-6-9-25-14-19/h6,9-11,14,18,21H,4-5,7-8,12-13H2,1-3H3. The van der Waals surface area contributed by atoms with E-state index in [1.165, 1.54) is 5.56 Å². The molecule has 1 N–H and O–H groups in total. The van der Waals surface area contributed by atoms with Crippen LogP contribution in [-0.4, -0.2) is 33.0 Å². The average molecular weight is 393 g/mol. The number of piperidine rings is 1. The van der Waals surface area contributed by atoms with Crippen LogP contribution >= 0.6 is 11.3 Å². The molecule has 1 aliphatic rings. The number of thiophene rings is 1. The quantitative estimate of drug-likeness (QED) is 0.812. The predicted octanol–water partition coefficient (Wildman–Crippen LogP) is 3.86. The lowest BCUT2D eigenvalue weighted by atomic mass is 9.97. The highest BCUT2D eigenvalue weighted by Crippen LogP contribution is 2.22. The van der Waals surface area contributed by atoms with Crippen molar-refractivity contribution in [2.24, 2.45) is 5.92 Å². The van der Waals surface area contributed by atoms with Gasteiger partial charge >= 0.3 is 0 Å². The first-order valence-corrected chi connectivity index (χ1v) is 11.6. The topological polar surface area (TPSA) is 49.4 Å². The number of nitrogens with one attached hydrogen (secondary N) is 1. The van der Waals surface area contributed by atoms with E-state index in [0.29, 0.717) is 17.4 Å². The van der Waals surface area contributed by atoms with Crippen molar-refractivity contribution in [1.29, 1.82) is 0 Å². The van der Waals surface area contributed by atoms with Crippen molar-refractivity contribution < 1.29 is 8.42 Å². The van der Waals surface area contributed by atoms with Crippen molar-refractivity contribution in [2.45, 2.75) is 45.1 Å². The Labute approximate surface area is 161 Å². The lowest BCUT2D eigenvalue weighted by molar-refractivity contribution is 0.179. The van der Waals surface area contributed by atoms with Gasteiger partial charge in [0.2, 0.25) is 10.0 Å². The second-order valence-corrected chi connectivity index (χ2v) is 9.92. The molecule has 0 saturated carbocycles. The van der Waals surface area contributed by atoms with Crippen molar-refractivity contribution in [3.63, 3.8) is 0 Å². The van der Waals surface area contributed by atoms with Crippen LogP contribution < -0.4 is 4.72 Å². The van der Waals surface area contributed by atoms with Crippen LogP contribution in [-0.2, 0) is 16.6 Å². The second kappa shape index (κ2) is 8.21. The molecule has 3 rings (SSSR count). The molecule has 0 radical (unpaired) electrons. The molecule has 0 spiro atoms. The molecule has 0 amide bonds. The summed E-state index contributed by atoms with van der Waals surface area (Å²) in [5, 5.41) is 4.32. The van der Waals surface area contributed by atoms with Gasteiger partial charge in [-0.2, -0.15) is 11.3 Å². The smallest absolute Gasteiger partial charge is 0.240 e. The zero-order valence-corrected chi connectivity index (χ0v) is 17.4. The third-order valence-electron chi connectivity index (χ3n) is 5.34. The number of nitrogens with zero attached hydrogens (tertiary/aromatic N) is 1. The number of rotatable bonds is 6. The molecule has 1 saturated heterocycles. The first-order chi connectivity index (χ1) is 12.3. The zero-order valence-electron chi connectivity index (χ0n) is 15.8. The summed E-state index contributed by atoms with van der Waals surface area (Å²) in [5.74, 6) is 0.412. The number of likely N-dealkylation sites (tertiary alicyclic amines) is 1. The molecule has 1 fully saturated rings. The van der Waals surface area contributed by atoms with Gasteiger partial charge in [0, 0.05) is 13.1 Å². The molecule has 142 valence electrons. The first kappa shape index (κ1) is 19.5. The van der Waals surface area contributed by atoms with Gasteiger partial charge in [0.1, 0.15) is 0 Å². The summed E-state index contributed by atoms with van der Waals surface area (Å²) in [6.45, 7) is 9.43. The Morgan fingerprint density at radius 3 is 2.46 bits per heavy atom. The molecule has 0 bridgehead atoms. The molecule has 26 heavy (non-hydrogen) atoms. The van der Waals surface area contributed by atoms with Crippen LogP contribution in [0.3, 0.4) is 0 Å². The number of aryl methyl sites for hydroxylation is 3. The molecule has 2 heterocycles. The van der Waals surface area contributed by atoms with E-state index in [9.17, 15) is 8.42 Å². The van der Waals surface area contributed by atoms with Gasteiger partial charge < -0.3 is 0 Å². The van der Waals surface area contributed by atoms with Gasteiger partial charge in [0.25, 0.3) is 0 Å². The Hall–Kier alpha value is -1.21. The fraction of sp³-hybridized carbons (Fsp3) is 0.500. The van der Waals surface area contributed by atoms with Gasteiger partial charge in [0.15, 0.2) is 0 Å². The maximum atomic E-state index is 12.7. The SMILES string of the molecule is Cc1cc(C)c(S(=O)(=O)NCC2CCN(Cc3ccsc3)CC2)cc1C. The van der Waals surface area contributed by atoms with Crippen molar-refractivity contribution in [2.75, 3.05) is 19.6 Å². The normalized spacial score (nSPS) is 16.9. The monoisotopic (exact) mass is 392 g/mol. The molecule has 1 aromatic carbocycles. The van der Waals surface area contributed by atoms with Crippen LogP contribution in [0.1, 0.15) is 35.1 Å². The minimum Gasteiger partial charge on any atom is -0.299 e. The third kappa shape index (κ3) is 4.74. The highest BCUT2D eigenvalue weighted by Gasteiger charge is 2.23. The maximum Gasteiger partial charge on any atom is 0.240 e. The molecule has 2 aromatic rings. The van der Waals surface area contributed by atoms with E-state index in [0.717, 1.165) is 49.2 Å². The van der Waals surface area contributed by atoms with Crippen LogP contribution in [0.5, 0.6) is 0 Å². The molecule has 6 heteroatoms. The fourth-order valence-electron chi connectivity index (χ4n) is 3.52. The summed E-state index contributed by atoms with van der Waals surface area (Å²) in [4.78, 5) is 2.87. The van der Waals surface area contributed by atoms with Gasteiger partial charge in [0.05, 0.1) is 4.90 Å². The lowest BCUT2D eigenvalue weighted by Crippen LogP contribution is -2.38. The van der Waals surface area contributed by atoms with Gasteiger partial charge in [-0.05, 0) is 97.8 Å². The van der Waals surface area contributed by atoms with Crippen LogP contribution in [0.2, 0.25) is 0 Å². The Balaban J connectivity index is 1.54. The van der Waals surface area contributed by atoms with Gasteiger partial charge in [-0.3, -0.25) is 4.90 Å². The highest BCUT2D eigenvalue weighted by molar-refractivity contribution is 7.89. The third-order valence-corrected chi connectivity index (χ3v) is 7.63. The molecule has 0 aliphatic carbocycles. The van der Waals surface area contributed by atoms with Crippen molar-refractivity contribution in [3.05, 3.63) is 51.2 Å². The van der Waals surface area contributed by atoms with E-state index in [2.05, 4.69) is 26.4 Å². The van der Waals surface area contributed by atoms with E-state index >= 15 is 0 Å². The molecule has 1 aliphatic heterocycles. The van der Waals surface area contributed by atoms with Gasteiger partial charge in [-0.15, -0.1) is 0 Å². The number of hydrogen-bond acceptors (Lipinski definition) is 4. The van der Waals surface area contributed by atoms with Crippen molar-refractivity contribution in [3.8, 4) is 0 Å². The zero-order chi connectivity index (χ0) is 18.7. The molecule has 4 nitrogen and oxygen atoms in total. The molecule has 1 aromatic heterocycles. The molecule has 0 unspecified atom stereocenters. The summed E-state index contributed by atoms with van der Waals surface area (Å²) >= 11 is 1.74. The number of benzene rings is 1. The largest absolute Gasteiger partial charge is 0.299 e. The fourth-order valence-corrected chi connectivity index (χ4v) is 5.60. The summed E-state index contributed by atoms with van der Waals surface area (Å²) in [6, 6.07) is 5.92.